The Kier molecular flexibility index (Phi) is 5.66. The minimum absolute atomic E-state index is 0.287. The zero-order chi connectivity index (χ0) is 19.4. The average molecular weight is 365 g/mol. The van der Waals surface area contributed by atoms with Crippen molar-refractivity contribution in [2.24, 2.45) is 0 Å². The summed E-state index contributed by atoms with van der Waals surface area (Å²) in [6.07, 6.45) is 4.36. The second-order valence-electron chi connectivity index (χ2n) is 7.50. The van der Waals surface area contributed by atoms with Gasteiger partial charge in [-0.3, -0.25) is 0 Å². The predicted octanol–water partition coefficient (Wildman–Crippen LogP) is 4.92. The van der Waals surface area contributed by atoms with Crippen molar-refractivity contribution in [1.82, 2.24) is 4.98 Å². The number of hydrogen-bond donors (Lipinski definition) is 3. The fourth-order valence-corrected chi connectivity index (χ4v) is 3.84. The molecule has 3 rings (SSSR count). The monoisotopic (exact) mass is 365 g/mol. The number of nitrogens with one attached hydrogen (secondary N) is 1. The van der Waals surface area contributed by atoms with Crippen molar-refractivity contribution in [3.8, 4) is 0 Å². The first-order chi connectivity index (χ1) is 13.0. The zero-order valence-electron chi connectivity index (χ0n) is 15.9. The normalized spacial score (nSPS) is 14.8. The molecule has 0 aliphatic heterocycles. The number of carboxylic acids is 1. The summed E-state index contributed by atoms with van der Waals surface area (Å²) in [5.41, 5.74) is 2.31. The first-order valence-electron chi connectivity index (χ1n) is 9.52. The molecule has 0 saturated heterocycles. The van der Waals surface area contributed by atoms with Gasteiger partial charge in [0.25, 0.3) is 0 Å². The van der Waals surface area contributed by atoms with E-state index in [1.54, 1.807) is 6.07 Å². The minimum Gasteiger partial charge on any atom is -0.478 e. The van der Waals surface area contributed by atoms with Gasteiger partial charge in [0.15, 0.2) is 0 Å². The maximum absolute atomic E-state index is 11.9. The first kappa shape index (κ1) is 19.2. The van der Waals surface area contributed by atoms with Crippen molar-refractivity contribution < 1.29 is 15.0 Å². The summed E-state index contributed by atoms with van der Waals surface area (Å²) in [5, 5.41) is 21.8. The minimum atomic E-state index is -0.944. The maximum Gasteiger partial charge on any atom is 0.336 e. The van der Waals surface area contributed by atoms with Crippen LogP contribution in [0, 0.1) is 0 Å². The standard InChI is InChI=1S/C23H27NO3/c1-3-4-10-21(25)23(2,18-8-6-5-7-9-18)15-17-13-16-11-12-24-20(16)14-19(17)22(26)27/h5-9,11-14,21,24-25H,3-4,10,15H2,1-2H3,(H,26,27). The van der Waals surface area contributed by atoms with E-state index < -0.39 is 17.5 Å². The molecular weight excluding hydrogens is 338 g/mol. The van der Waals surface area contributed by atoms with Crippen LogP contribution in [-0.4, -0.2) is 27.3 Å². The third-order valence-electron chi connectivity index (χ3n) is 5.57. The van der Waals surface area contributed by atoms with E-state index in [4.69, 9.17) is 0 Å². The van der Waals surface area contributed by atoms with Crippen LogP contribution in [0.2, 0.25) is 0 Å². The number of aliphatic hydroxyl groups excluding tert-OH is 1. The summed E-state index contributed by atoms with van der Waals surface area (Å²) in [4.78, 5) is 14.9. The van der Waals surface area contributed by atoms with E-state index in [0.717, 1.165) is 34.9 Å². The molecule has 27 heavy (non-hydrogen) atoms. The maximum atomic E-state index is 11.9. The molecular formula is C23H27NO3. The number of aromatic carboxylic acids is 1. The molecule has 1 heterocycles. The fraction of sp³-hybridized carbons (Fsp3) is 0.348. The lowest BCUT2D eigenvalue weighted by atomic mass is 9.71. The van der Waals surface area contributed by atoms with Crippen molar-refractivity contribution in [2.75, 3.05) is 0 Å². The summed E-state index contributed by atoms with van der Waals surface area (Å²) in [6.45, 7) is 4.14. The summed E-state index contributed by atoms with van der Waals surface area (Å²) in [6, 6.07) is 15.5. The Bertz CT molecular complexity index is 916. The van der Waals surface area contributed by atoms with Crippen molar-refractivity contribution in [1.29, 1.82) is 0 Å². The van der Waals surface area contributed by atoms with Gasteiger partial charge >= 0.3 is 5.97 Å². The Labute approximate surface area is 159 Å². The Hall–Kier alpha value is -2.59. The number of unbranched alkanes of at least 4 members (excludes halogenated alkanes) is 1. The van der Waals surface area contributed by atoms with E-state index in [1.165, 1.54) is 0 Å². The second-order valence-corrected chi connectivity index (χ2v) is 7.50. The average Bonchev–Trinajstić information content (AvgIpc) is 3.13. The Morgan fingerprint density at radius 1 is 1.19 bits per heavy atom. The number of carbonyl (C=O) groups is 1. The highest BCUT2D eigenvalue weighted by molar-refractivity contribution is 5.95. The SMILES string of the molecule is CCCCC(O)C(C)(Cc1cc2cc[nH]c2cc1C(=O)O)c1ccccc1. The van der Waals surface area contributed by atoms with Crippen LogP contribution in [-0.2, 0) is 11.8 Å². The third kappa shape index (κ3) is 3.91. The first-order valence-corrected chi connectivity index (χ1v) is 9.52. The van der Waals surface area contributed by atoms with E-state index in [9.17, 15) is 15.0 Å². The molecule has 0 bridgehead atoms. The van der Waals surface area contributed by atoms with E-state index in [0.29, 0.717) is 12.8 Å². The topological polar surface area (TPSA) is 73.3 Å². The number of benzene rings is 2. The third-order valence-corrected chi connectivity index (χ3v) is 5.57. The van der Waals surface area contributed by atoms with Crippen LogP contribution < -0.4 is 0 Å². The quantitative estimate of drug-likeness (QED) is 0.530. The largest absolute Gasteiger partial charge is 0.478 e. The number of hydrogen-bond acceptors (Lipinski definition) is 2. The zero-order valence-corrected chi connectivity index (χ0v) is 15.9. The molecule has 4 nitrogen and oxygen atoms in total. The van der Waals surface area contributed by atoms with Crippen LogP contribution in [0.3, 0.4) is 0 Å². The van der Waals surface area contributed by atoms with Gasteiger partial charge in [0.1, 0.15) is 0 Å². The number of aromatic amines is 1. The number of aromatic nitrogens is 1. The van der Waals surface area contributed by atoms with Crippen molar-refractivity contribution in [2.45, 2.75) is 51.0 Å². The van der Waals surface area contributed by atoms with Gasteiger partial charge in [0.2, 0.25) is 0 Å². The summed E-state index contributed by atoms with van der Waals surface area (Å²) >= 11 is 0. The summed E-state index contributed by atoms with van der Waals surface area (Å²) < 4.78 is 0. The van der Waals surface area contributed by atoms with Gasteiger partial charge in [-0.2, -0.15) is 0 Å². The highest BCUT2D eigenvalue weighted by atomic mass is 16.4. The van der Waals surface area contributed by atoms with E-state index in [1.807, 2.05) is 55.6 Å². The highest BCUT2D eigenvalue weighted by Crippen LogP contribution is 2.36. The molecule has 0 amide bonds. The molecule has 3 aromatic rings. The predicted molar refractivity (Wildman–Crippen MR) is 108 cm³/mol. The molecule has 0 saturated carbocycles. The molecule has 0 aliphatic carbocycles. The lowest BCUT2D eigenvalue weighted by Gasteiger charge is -2.36. The van der Waals surface area contributed by atoms with E-state index >= 15 is 0 Å². The number of H-pyrrole nitrogens is 1. The number of carboxylic acid groups (broad SMARTS) is 1. The lowest BCUT2D eigenvalue weighted by molar-refractivity contribution is 0.0684. The van der Waals surface area contributed by atoms with Gasteiger partial charge in [-0.05, 0) is 47.6 Å². The van der Waals surface area contributed by atoms with E-state index in [2.05, 4.69) is 11.9 Å². The van der Waals surface area contributed by atoms with Crippen LogP contribution >= 0.6 is 0 Å². The molecule has 3 N–H and O–H groups in total. The molecule has 2 unspecified atom stereocenters. The Morgan fingerprint density at radius 3 is 2.59 bits per heavy atom. The molecule has 0 fully saturated rings. The van der Waals surface area contributed by atoms with Crippen LogP contribution in [0.1, 0.15) is 54.6 Å². The van der Waals surface area contributed by atoms with Gasteiger partial charge in [0, 0.05) is 17.1 Å². The lowest BCUT2D eigenvalue weighted by Crippen LogP contribution is -2.39. The smallest absolute Gasteiger partial charge is 0.336 e. The Balaban J connectivity index is 2.07. The van der Waals surface area contributed by atoms with Gasteiger partial charge in [-0.25, -0.2) is 4.79 Å². The Morgan fingerprint density at radius 2 is 1.93 bits per heavy atom. The molecule has 2 aromatic carbocycles. The van der Waals surface area contributed by atoms with Gasteiger partial charge in [-0.15, -0.1) is 0 Å². The van der Waals surface area contributed by atoms with Crippen LogP contribution in [0.5, 0.6) is 0 Å². The van der Waals surface area contributed by atoms with Crippen LogP contribution in [0.25, 0.3) is 10.9 Å². The van der Waals surface area contributed by atoms with Gasteiger partial charge in [-0.1, -0.05) is 57.0 Å². The molecule has 2 atom stereocenters. The summed E-state index contributed by atoms with van der Waals surface area (Å²) in [7, 11) is 0. The number of rotatable bonds is 8. The van der Waals surface area contributed by atoms with Gasteiger partial charge in [0.05, 0.1) is 11.7 Å². The van der Waals surface area contributed by atoms with Crippen molar-refractivity contribution in [3.05, 3.63) is 71.4 Å². The highest BCUT2D eigenvalue weighted by Gasteiger charge is 2.35. The van der Waals surface area contributed by atoms with Crippen LogP contribution in [0.15, 0.2) is 54.7 Å². The van der Waals surface area contributed by atoms with E-state index in [-0.39, 0.29) is 5.56 Å². The number of fused-ring (bicyclic) bond motifs is 1. The molecule has 0 aliphatic rings. The summed E-state index contributed by atoms with van der Waals surface area (Å²) in [5.74, 6) is -0.944. The molecule has 0 spiro atoms. The van der Waals surface area contributed by atoms with Crippen molar-refractivity contribution in [3.63, 3.8) is 0 Å². The number of aliphatic hydroxyl groups is 1. The van der Waals surface area contributed by atoms with Crippen LogP contribution in [0.4, 0.5) is 0 Å². The molecule has 4 heteroatoms. The molecule has 0 radical (unpaired) electrons. The molecule has 1 aromatic heterocycles. The van der Waals surface area contributed by atoms with Gasteiger partial charge < -0.3 is 15.2 Å². The second kappa shape index (κ2) is 7.97. The molecule has 142 valence electrons. The fourth-order valence-electron chi connectivity index (χ4n) is 3.84. The van der Waals surface area contributed by atoms with Crippen molar-refractivity contribution >= 4 is 16.9 Å².